The SMILES string of the molecule is CCCNC(Cc1ccc(Br)cc1Cl)C1COC(C)C1. The van der Waals surface area contributed by atoms with Crippen LogP contribution in [0.5, 0.6) is 0 Å². The van der Waals surface area contributed by atoms with Gasteiger partial charge in [0, 0.05) is 21.5 Å². The van der Waals surface area contributed by atoms with Gasteiger partial charge in [0.15, 0.2) is 0 Å². The number of hydrogen-bond donors (Lipinski definition) is 1. The van der Waals surface area contributed by atoms with Crippen molar-refractivity contribution in [3.05, 3.63) is 33.3 Å². The van der Waals surface area contributed by atoms with Gasteiger partial charge < -0.3 is 10.1 Å². The van der Waals surface area contributed by atoms with Crippen molar-refractivity contribution in [3.63, 3.8) is 0 Å². The van der Waals surface area contributed by atoms with E-state index >= 15 is 0 Å². The Kier molecular flexibility index (Phi) is 6.34. The Labute approximate surface area is 135 Å². The molecule has 0 spiro atoms. The van der Waals surface area contributed by atoms with Crippen molar-refractivity contribution in [1.82, 2.24) is 5.32 Å². The summed E-state index contributed by atoms with van der Waals surface area (Å²) in [5.41, 5.74) is 1.21. The number of rotatable bonds is 6. The molecule has 1 heterocycles. The quantitative estimate of drug-likeness (QED) is 0.810. The van der Waals surface area contributed by atoms with Gasteiger partial charge in [0.25, 0.3) is 0 Å². The molecule has 3 atom stereocenters. The van der Waals surface area contributed by atoms with Crippen molar-refractivity contribution in [1.29, 1.82) is 0 Å². The van der Waals surface area contributed by atoms with Crippen molar-refractivity contribution < 1.29 is 4.74 Å². The maximum atomic E-state index is 6.35. The highest BCUT2D eigenvalue weighted by atomic mass is 79.9. The van der Waals surface area contributed by atoms with Crippen molar-refractivity contribution in [2.24, 2.45) is 5.92 Å². The molecule has 1 aliphatic heterocycles. The van der Waals surface area contributed by atoms with Crippen LogP contribution >= 0.6 is 27.5 Å². The van der Waals surface area contributed by atoms with E-state index in [0.717, 1.165) is 41.9 Å². The first-order valence-corrected chi connectivity index (χ1v) is 8.56. The third kappa shape index (κ3) is 4.45. The molecule has 4 heteroatoms. The van der Waals surface area contributed by atoms with Gasteiger partial charge >= 0.3 is 0 Å². The van der Waals surface area contributed by atoms with E-state index in [1.165, 1.54) is 5.56 Å². The number of nitrogens with one attached hydrogen (secondary N) is 1. The molecule has 0 amide bonds. The Hall–Kier alpha value is -0.0900. The van der Waals surface area contributed by atoms with E-state index in [0.29, 0.717) is 18.1 Å². The van der Waals surface area contributed by atoms with Gasteiger partial charge in [-0.1, -0.05) is 40.5 Å². The smallest absolute Gasteiger partial charge is 0.0551 e. The molecule has 1 fully saturated rings. The van der Waals surface area contributed by atoms with E-state index in [2.05, 4.69) is 47.2 Å². The predicted molar refractivity (Wildman–Crippen MR) is 88.5 cm³/mol. The molecule has 3 unspecified atom stereocenters. The Balaban J connectivity index is 2.06. The fraction of sp³-hybridized carbons (Fsp3) is 0.625. The van der Waals surface area contributed by atoms with Crippen LogP contribution in [0.25, 0.3) is 0 Å². The van der Waals surface area contributed by atoms with Crippen LogP contribution in [-0.4, -0.2) is 25.3 Å². The van der Waals surface area contributed by atoms with Gasteiger partial charge in [-0.25, -0.2) is 0 Å². The second-order valence-corrected chi connectivity index (χ2v) is 6.96. The van der Waals surface area contributed by atoms with Crippen molar-refractivity contribution in [2.45, 2.75) is 45.3 Å². The first-order valence-electron chi connectivity index (χ1n) is 7.39. The summed E-state index contributed by atoms with van der Waals surface area (Å²) in [5, 5.41) is 4.51. The molecular formula is C16H23BrClNO. The van der Waals surface area contributed by atoms with Gasteiger partial charge in [0.05, 0.1) is 12.7 Å². The first-order chi connectivity index (χ1) is 9.60. The van der Waals surface area contributed by atoms with Gasteiger partial charge in [-0.15, -0.1) is 0 Å². The van der Waals surface area contributed by atoms with Crippen LogP contribution in [0.3, 0.4) is 0 Å². The Bertz CT molecular complexity index is 440. The minimum atomic E-state index is 0.381. The highest BCUT2D eigenvalue weighted by Crippen LogP contribution is 2.28. The Morgan fingerprint density at radius 2 is 2.30 bits per heavy atom. The van der Waals surface area contributed by atoms with Crippen LogP contribution in [0, 0.1) is 5.92 Å². The summed E-state index contributed by atoms with van der Waals surface area (Å²) in [4.78, 5) is 0. The summed E-state index contributed by atoms with van der Waals surface area (Å²) in [6, 6.07) is 6.60. The van der Waals surface area contributed by atoms with E-state index < -0.39 is 0 Å². The standard InChI is InChI=1S/C16H23BrClNO/c1-3-6-19-16(13-7-11(2)20-10-13)8-12-4-5-14(17)9-15(12)18/h4-5,9,11,13,16,19H,3,6-8,10H2,1-2H3. The third-order valence-electron chi connectivity index (χ3n) is 3.91. The van der Waals surface area contributed by atoms with E-state index in [9.17, 15) is 0 Å². The van der Waals surface area contributed by atoms with Crippen LogP contribution in [0.2, 0.25) is 5.02 Å². The molecule has 2 nitrogen and oxygen atoms in total. The third-order valence-corrected chi connectivity index (χ3v) is 4.76. The average molecular weight is 361 g/mol. The maximum absolute atomic E-state index is 6.35. The Morgan fingerprint density at radius 1 is 1.50 bits per heavy atom. The van der Waals surface area contributed by atoms with Crippen molar-refractivity contribution in [2.75, 3.05) is 13.2 Å². The lowest BCUT2D eigenvalue weighted by atomic mass is 9.91. The molecule has 1 aromatic rings. The van der Waals surface area contributed by atoms with Crippen LogP contribution < -0.4 is 5.32 Å². The molecular weight excluding hydrogens is 338 g/mol. The summed E-state index contributed by atoms with van der Waals surface area (Å²) in [6.07, 6.45) is 3.63. The first kappa shape index (κ1) is 16.3. The van der Waals surface area contributed by atoms with Crippen LogP contribution in [0.15, 0.2) is 22.7 Å². The monoisotopic (exact) mass is 359 g/mol. The largest absolute Gasteiger partial charge is 0.378 e. The molecule has 1 N–H and O–H groups in total. The molecule has 2 rings (SSSR count). The van der Waals surface area contributed by atoms with E-state index in [1.807, 2.05) is 6.07 Å². The number of benzene rings is 1. The molecule has 0 radical (unpaired) electrons. The molecule has 0 saturated carbocycles. The normalized spacial score (nSPS) is 24.0. The minimum absolute atomic E-state index is 0.381. The van der Waals surface area contributed by atoms with Crippen LogP contribution in [-0.2, 0) is 11.2 Å². The zero-order valence-corrected chi connectivity index (χ0v) is 14.5. The zero-order chi connectivity index (χ0) is 14.5. The highest BCUT2D eigenvalue weighted by Gasteiger charge is 2.29. The van der Waals surface area contributed by atoms with Gasteiger partial charge in [0.1, 0.15) is 0 Å². The summed E-state index contributed by atoms with van der Waals surface area (Å²) in [6.45, 7) is 6.26. The van der Waals surface area contributed by atoms with Gasteiger partial charge in [0.2, 0.25) is 0 Å². The number of halogens is 2. The average Bonchev–Trinajstić information content (AvgIpc) is 2.83. The summed E-state index contributed by atoms with van der Waals surface area (Å²) in [5.74, 6) is 0.580. The number of ether oxygens (including phenoxy) is 1. The van der Waals surface area contributed by atoms with Crippen molar-refractivity contribution in [3.8, 4) is 0 Å². The topological polar surface area (TPSA) is 21.3 Å². The fourth-order valence-electron chi connectivity index (χ4n) is 2.79. The van der Waals surface area contributed by atoms with E-state index in [-0.39, 0.29) is 0 Å². The fourth-order valence-corrected chi connectivity index (χ4v) is 3.54. The summed E-state index contributed by atoms with van der Waals surface area (Å²) < 4.78 is 6.76. The predicted octanol–water partition coefficient (Wildman–Crippen LogP) is 4.44. The van der Waals surface area contributed by atoms with Crippen LogP contribution in [0.1, 0.15) is 32.3 Å². The lowest BCUT2D eigenvalue weighted by molar-refractivity contribution is 0.117. The van der Waals surface area contributed by atoms with Crippen molar-refractivity contribution >= 4 is 27.5 Å². The molecule has 0 aromatic heterocycles. The maximum Gasteiger partial charge on any atom is 0.0551 e. The molecule has 20 heavy (non-hydrogen) atoms. The molecule has 0 aliphatic carbocycles. The second-order valence-electron chi connectivity index (χ2n) is 5.64. The lowest BCUT2D eigenvalue weighted by Gasteiger charge is -2.24. The molecule has 0 bridgehead atoms. The minimum Gasteiger partial charge on any atom is -0.378 e. The van der Waals surface area contributed by atoms with Gasteiger partial charge in [-0.05, 0) is 50.4 Å². The van der Waals surface area contributed by atoms with Crippen LogP contribution in [0.4, 0.5) is 0 Å². The number of hydrogen-bond acceptors (Lipinski definition) is 2. The molecule has 1 aromatic carbocycles. The van der Waals surface area contributed by atoms with E-state index in [1.54, 1.807) is 0 Å². The summed E-state index contributed by atoms with van der Waals surface area (Å²) in [7, 11) is 0. The molecule has 1 saturated heterocycles. The second kappa shape index (κ2) is 7.79. The van der Waals surface area contributed by atoms with Gasteiger partial charge in [-0.2, -0.15) is 0 Å². The summed E-state index contributed by atoms with van der Waals surface area (Å²) >= 11 is 9.81. The lowest BCUT2D eigenvalue weighted by Crippen LogP contribution is -2.39. The molecule has 1 aliphatic rings. The Morgan fingerprint density at radius 3 is 2.90 bits per heavy atom. The van der Waals surface area contributed by atoms with E-state index in [4.69, 9.17) is 16.3 Å². The highest BCUT2D eigenvalue weighted by molar-refractivity contribution is 9.10. The zero-order valence-electron chi connectivity index (χ0n) is 12.2. The molecule has 112 valence electrons. The van der Waals surface area contributed by atoms with Gasteiger partial charge in [-0.3, -0.25) is 0 Å².